The minimum Gasteiger partial charge on any atom is -0.494 e. The van der Waals surface area contributed by atoms with Gasteiger partial charge in [-0.25, -0.2) is 8.42 Å². The maximum Gasteiger partial charge on any atom is 0.315 e. The lowest BCUT2D eigenvalue weighted by atomic mass is 10.1. The fourth-order valence-electron chi connectivity index (χ4n) is 2.52. The molecule has 6 heteroatoms. The first kappa shape index (κ1) is 21.0. The number of carbonyl (C=O) groups is 1. The molecule has 0 spiro atoms. The largest absolute Gasteiger partial charge is 0.494 e. The molecule has 0 aliphatic heterocycles. The van der Waals surface area contributed by atoms with Crippen molar-refractivity contribution in [3.05, 3.63) is 59.7 Å². The van der Waals surface area contributed by atoms with Crippen LogP contribution >= 0.6 is 0 Å². The molecule has 2 aromatic rings. The quantitative estimate of drug-likeness (QED) is 0.458. The van der Waals surface area contributed by atoms with Gasteiger partial charge in [-0.3, -0.25) is 4.79 Å². The van der Waals surface area contributed by atoms with Crippen molar-refractivity contribution in [3.63, 3.8) is 0 Å². The van der Waals surface area contributed by atoms with Crippen molar-refractivity contribution in [1.82, 2.24) is 0 Å². The lowest BCUT2D eigenvalue weighted by Gasteiger charge is -2.07. The molecule has 0 saturated heterocycles. The zero-order chi connectivity index (χ0) is 19.7. The zero-order valence-corrected chi connectivity index (χ0v) is 16.6. The molecule has 0 unspecified atom stereocenters. The monoisotopic (exact) mass is 390 g/mol. The van der Waals surface area contributed by atoms with Crippen LogP contribution in [0.1, 0.15) is 30.9 Å². The Hall–Kier alpha value is -2.34. The Morgan fingerprint density at radius 2 is 1.52 bits per heavy atom. The minimum absolute atomic E-state index is 0.173. The van der Waals surface area contributed by atoms with E-state index < -0.39 is 9.84 Å². The van der Waals surface area contributed by atoms with Crippen molar-refractivity contribution in [1.29, 1.82) is 0 Å². The Morgan fingerprint density at radius 1 is 0.926 bits per heavy atom. The van der Waals surface area contributed by atoms with Gasteiger partial charge in [0.15, 0.2) is 0 Å². The van der Waals surface area contributed by atoms with E-state index in [1.165, 1.54) is 6.26 Å². The Labute approximate surface area is 161 Å². The van der Waals surface area contributed by atoms with Crippen LogP contribution in [0.4, 0.5) is 0 Å². The summed E-state index contributed by atoms with van der Waals surface area (Å²) in [6.45, 7) is 2.72. The molecule has 146 valence electrons. The normalized spacial score (nSPS) is 11.2. The van der Waals surface area contributed by atoms with Gasteiger partial charge < -0.3 is 9.47 Å². The number of rotatable bonds is 10. The fourth-order valence-corrected chi connectivity index (χ4v) is 3.19. The van der Waals surface area contributed by atoms with Crippen LogP contribution in [-0.2, 0) is 27.5 Å². The van der Waals surface area contributed by atoms with E-state index in [0.29, 0.717) is 25.2 Å². The fraction of sp³-hybridized carbons (Fsp3) is 0.381. The molecule has 0 bridgehead atoms. The SMILES string of the molecule is CCCOc1ccc(CC(=O)Oc2ccc(CCCS(C)(=O)=O)cc2)cc1. The van der Waals surface area contributed by atoms with Crippen LogP contribution in [0, 0.1) is 0 Å². The van der Waals surface area contributed by atoms with E-state index in [2.05, 4.69) is 0 Å². The summed E-state index contributed by atoms with van der Waals surface area (Å²) in [4.78, 5) is 12.1. The predicted molar refractivity (Wildman–Crippen MR) is 106 cm³/mol. The van der Waals surface area contributed by atoms with Crippen molar-refractivity contribution >= 4 is 15.8 Å². The van der Waals surface area contributed by atoms with E-state index in [9.17, 15) is 13.2 Å². The van der Waals surface area contributed by atoms with Crippen LogP contribution in [0.5, 0.6) is 11.5 Å². The average molecular weight is 391 g/mol. The lowest BCUT2D eigenvalue weighted by molar-refractivity contribution is -0.133. The van der Waals surface area contributed by atoms with Crippen molar-refractivity contribution in [3.8, 4) is 11.5 Å². The Morgan fingerprint density at radius 3 is 2.11 bits per heavy atom. The number of esters is 1. The molecule has 0 heterocycles. The molecular formula is C21H26O5S. The highest BCUT2D eigenvalue weighted by atomic mass is 32.2. The molecule has 0 atom stereocenters. The van der Waals surface area contributed by atoms with Crippen molar-refractivity contribution < 1.29 is 22.7 Å². The minimum atomic E-state index is -2.93. The summed E-state index contributed by atoms with van der Waals surface area (Å²) >= 11 is 0. The molecule has 0 fully saturated rings. The Balaban J connectivity index is 1.81. The number of hydrogen-bond acceptors (Lipinski definition) is 5. The summed E-state index contributed by atoms with van der Waals surface area (Å²) in [6.07, 6.45) is 3.62. The number of ether oxygens (including phenoxy) is 2. The number of aryl methyl sites for hydroxylation is 1. The van der Waals surface area contributed by atoms with Gasteiger partial charge in [0.25, 0.3) is 0 Å². The van der Waals surface area contributed by atoms with E-state index in [1.807, 2.05) is 43.3 Å². The number of carbonyl (C=O) groups excluding carboxylic acids is 1. The number of benzene rings is 2. The Bertz CT molecular complexity index is 824. The maximum absolute atomic E-state index is 12.1. The molecule has 2 rings (SSSR count). The number of hydrogen-bond donors (Lipinski definition) is 0. The topological polar surface area (TPSA) is 69.7 Å². The third-order valence-corrected chi connectivity index (χ3v) is 4.91. The molecular weight excluding hydrogens is 364 g/mol. The molecule has 27 heavy (non-hydrogen) atoms. The third kappa shape index (κ3) is 8.26. The van der Waals surface area contributed by atoms with E-state index in [4.69, 9.17) is 9.47 Å². The van der Waals surface area contributed by atoms with E-state index >= 15 is 0 Å². The summed E-state index contributed by atoms with van der Waals surface area (Å²) < 4.78 is 33.2. The summed E-state index contributed by atoms with van der Waals surface area (Å²) in [6, 6.07) is 14.6. The first-order valence-electron chi connectivity index (χ1n) is 9.05. The first-order valence-corrected chi connectivity index (χ1v) is 11.1. The van der Waals surface area contributed by atoms with Gasteiger partial charge in [-0.2, -0.15) is 0 Å². The molecule has 0 aliphatic carbocycles. The second kappa shape index (κ2) is 10.1. The molecule has 2 aromatic carbocycles. The highest BCUT2D eigenvalue weighted by Crippen LogP contribution is 2.16. The highest BCUT2D eigenvalue weighted by molar-refractivity contribution is 7.90. The summed E-state index contributed by atoms with van der Waals surface area (Å²) in [5.74, 6) is 1.11. The van der Waals surface area contributed by atoms with Crippen molar-refractivity contribution in [2.45, 2.75) is 32.6 Å². The van der Waals surface area contributed by atoms with Gasteiger partial charge in [-0.15, -0.1) is 0 Å². The highest BCUT2D eigenvalue weighted by Gasteiger charge is 2.08. The molecule has 0 saturated carbocycles. The Kier molecular flexibility index (Phi) is 7.85. The third-order valence-electron chi connectivity index (χ3n) is 3.88. The van der Waals surface area contributed by atoms with E-state index in [-0.39, 0.29) is 18.1 Å². The van der Waals surface area contributed by atoms with Crippen LogP contribution in [0.25, 0.3) is 0 Å². The van der Waals surface area contributed by atoms with Crippen LogP contribution < -0.4 is 9.47 Å². The summed E-state index contributed by atoms with van der Waals surface area (Å²) in [7, 11) is -2.93. The number of sulfone groups is 1. The van der Waals surface area contributed by atoms with Gasteiger partial charge in [0, 0.05) is 6.26 Å². The molecule has 0 N–H and O–H groups in total. The smallest absolute Gasteiger partial charge is 0.315 e. The molecule has 5 nitrogen and oxygen atoms in total. The average Bonchev–Trinajstić information content (AvgIpc) is 2.61. The van der Waals surface area contributed by atoms with E-state index in [0.717, 1.165) is 23.3 Å². The molecule has 0 aromatic heterocycles. The van der Waals surface area contributed by atoms with Crippen molar-refractivity contribution in [2.75, 3.05) is 18.6 Å². The van der Waals surface area contributed by atoms with Gasteiger partial charge in [0.2, 0.25) is 0 Å². The van der Waals surface area contributed by atoms with Crippen LogP contribution in [0.2, 0.25) is 0 Å². The van der Waals surface area contributed by atoms with Gasteiger partial charge >= 0.3 is 5.97 Å². The maximum atomic E-state index is 12.1. The van der Waals surface area contributed by atoms with Crippen LogP contribution in [0.3, 0.4) is 0 Å². The standard InChI is InChI=1S/C21H26O5S/c1-3-14-25-19-10-8-18(9-11-19)16-21(22)26-20-12-6-17(7-13-20)5-4-15-27(2,23)24/h6-13H,3-5,14-16H2,1-2H3. The summed E-state index contributed by atoms with van der Waals surface area (Å²) in [5.41, 5.74) is 1.88. The van der Waals surface area contributed by atoms with Gasteiger partial charge in [-0.1, -0.05) is 31.2 Å². The van der Waals surface area contributed by atoms with Crippen molar-refractivity contribution in [2.24, 2.45) is 0 Å². The van der Waals surface area contributed by atoms with Crippen LogP contribution in [-0.4, -0.2) is 33.0 Å². The molecule has 0 aliphatic rings. The van der Waals surface area contributed by atoms with E-state index in [1.54, 1.807) is 12.1 Å². The second-order valence-corrected chi connectivity index (χ2v) is 8.78. The lowest BCUT2D eigenvalue weighted by Crippen LogP contribution is -2.11. The van der Waals surface area contributed by atoms with Gasteiger partial charge in [0.1, 0.15) is 21.3 Å². The predicted octanol–water partition coefficient (Wildman–Crippen LogP) is 3.60. The molecule has 0 amide bonds. The first-order chi connectivity index (χ1) is 12.9. The summed E-state index contributed by atoms with van der Waals surface area (Å²) in [5, 5.41) is 0. The zero-order valence-electron chi connectivity index (χ0n) is 15.8. The molecule has 0 radical (unpaired) electrons. The second-order valence-electron chi connectivity index (χ2n) is 6.52. The van der Waals surface area contributed by atoms with Crippen LogP contribution in [0.15, 0.2) is 48.5 Å². The van der Waals surface area contributed by atoms with Gasteiger partial charge in [-0.05, 0) is 54.7 Å². The van der Waals surface area contributed by atoms with Gasteiger partial charge in [0.05, 0.1) is 18.8 Å².